The number of hydrogen-bond donors (Lipinski definition) is 0. The Labute approximate surface area is 144 Å². The van der Waals surface area contributed by atoms with Crippen LogP contribution in [-0.4, -0.2) is 56.3 Å². The molecule has 5 nitrogen and oxygen atoms in total. The molecule has 0 radical (unpaired) electrons. The van der Waals surface area contributed by atoms with Gasteiger partial charge in [-0.25, -0.2) is 9.67 Å². The second-order valence-electron chi connectivity index (χ2n) is 7.20. The molecule has 0 N–H and O–H groups in total. The van der Waals surface area contributed by atoms with Crippen molar-refractivity contribution >= 4 is 0 Å². The summed E-state index contributed by atoms with van der Waals surface area (Å²) >= 11 is 0. The Morgan fingerprint density at radius 2 is 2.04 bits per heavy atom. The first-order valence-corrected chi connectivity index (χ1v) is 9.17. The van der Waals surface area contributed by atoms with Crippen LogP contribution >= 0.6 is 0 Å². The molecule has 2 aromatic rings. The zero-order chi connectivity index (χ0) is 16.5. The van der Waals surface area contributed by atoms with Crippen molar-refractivity contribution in [1.29, 1.82) is 0 Å². The Morgan fingerprint density at radius 1 is 1.17 bits per heavy atom. The summed E-state index contributed by atoms with van der Waals surface area (Å²) < 4.78 is 1.84. The Bertz CT molecular complexity index is 681. The zero-order valence-corrected chi connectivity index (χ0v) is 14.7. The molecule has 2 atom stereocenters. The van der Waals surface area contributed by atoms with Gasteiger partial charge in [0.15, 0.2) is 0 Å². The van der Waals surface area contributed by atoms with Gasteiger partial charge < -0.3 is 4.90 Å². The molecule has 0 aliphatic carbocycles. The van der Waals surface area contributed by atoms with E-state index in [9.17, 15) is 0 Å². The van der Waals surface area contributed by atoms with E-state index in [0.717, 1.165) is 24.3 Å². The molecule has 128 valence electrons. The maximum absolute atomic E-state index is 4.25. The van der Waals surface area contributed by atoms with Gasteiger partial charge >= 0.3 is 0 Å². The third-order valence-electron chi connectivity index (χ3n) is 5.76. The summed E-state index contributed by atoms with van der Waals surface area (Å²) in [7, 11) is 0. The van der Waals surface area contributed by atoms with E-state index >= 15 is 0 Å². The van der Waals surface area contributed by atoms with Crippen molar-refractivity contribution in [2.75, 3.05) is 19.6 Å². The van der Waals surface area contributed by atoms with E-state index in [1.54, 1.807) is 12.7 Å². The number of nitrogens with zero attached hydrogens (tertiary/aromatic N) is 5. The van der Waals surface area contributed by atoms with Gasteiger partial charge in [-0.05, 0) is 56.5 Å². The molecule has 1 aromatic heterocycles. The average molecular weight is 325 g/mol. The first-order valence-electron chi connectivity index (χ1n) is 9.17. The molecular formula is C19H27N5. The van der Waals surface area contributed by atoms with E-state index < -0.39 is 0 Å². The Hall–Kier alpha value is -1.72. The van der Waals surface area contributed by atoms with Crippen molar-refractivity contribution in [3.8, 4) is 5.69 Å². The topological polar surface area (TPSA) is 37.2 Å². The molecule has 0 amide bonds. The predicted molar refractivity (Wildman–Crippen MR) is 95.2 cm³/mol. The molecular weight excluding hydrogens is 298 g/mol. The summed E-state index contributed by atoms with van der Waals surface area (Å²) in [6.45, 7) is 9.21. The normalized spacial score (nSPS) is 25.1. The van der Waals surface area contributed by atoms with Crippen molar-refractivity contribution < 1.29 is 0 Å². The third-order valence-corrected chi connectivity index (χ3v) is 5.76. The molecule has 1 aromatic carbocycles. The van der Waals surface area contributed by atoms with Crippen molar-refractivity contribution in [3.05, 3.63) is 42.0 Å². The van der Waals surface area contributed by atoms with E-state index in [0.29, 0.717) is 0 Å². The average Bonchev–Trinajstić information content (AvgIpc) is 3.17. The van der Waals surface area contributed by atoms with E-state index in [2.05, 4.69) is 51.9 Å². The van der Waals surface area contributed by atoms with Crippen molar-refractivity contribution in [2.24, 2.45) is 0 Å². The molecule has 2 saturated heterocycles. The van der Waals surface area contributed by atoms with Crippen molar-refractivity contribution in [1.82, 2.24) is 24.6 Å². The number of hydrogen-bond acceptors (Lipinski definition) is 4. The molecule has 2 aliphatic heterocycles. The van der Waals surface area contributed by atoms with Crippen LogP contribution in [-0.2, 0) is 6.54 Å². The van der Waals surface area contributed by atoms with E-state index in [4.69, 9.17) is 0 Å². The lowest BCUT2D eigenvalue weighted by atomic mass is 10.1. The van der Waals surface area contributed by atoms with Gasteiger partial charge in [-0.1, -0.05) is 19.1 Å². The highest BCUT2D eigenvalue weighted by Gasteiger charge is 2.36. The summed E-state index contributed by atoms with van der Waals surface area (Å²) in [5, 5.41) is 4.25. The van der Waals surface area contributed by atoms with Crippen LogP contribution in [0.25, 0.3) is 5.69 Å². The van der Waals surface area contributed by atoms with Crippen LogP contribution in [0.1, 0.15) is 37.3 Å². The monoisotopic (exact) mass is 325 g/mol. The molecule has 2 aliphatic rings. The lowest BCUT2D eigenvalue weighted by Gasteiger charge is -2.28. The minimum Gasteiger partial charge on any atom is -0.302 e. The maximum atomic E-state index is 4.25. The van der Waals surface area contributed by atoms with Crippen LogP contribution in [0.3, 0.4) is 0 Å². The van der Waals surface area contributed by atoms with Gasteiger partial charge in [0.25, 0.3) is 0 Å². The molecule has 0 spiro atoms. The Kier molecular flexibility index (Phi) is 4.37. The van der Waals surface area contributed by atoms with Crippen LogP contribution in [0.2, 0.25) is 0 Å². The smallest absolute Gasteiger partial charge is 0.138 e. The van der Waals surface area contributed by atoms with Crippen LogP contribution in [0.15, 0.2) is 30.9 Å². The highest BCUT2D eigenvalue weighted by molar-refractivity contribution is 5.41. The number of likely N-dealkylation sites (N-methyl/N-ethyl adjacent to an activating group) is 1. The molecule has 3 heterocycles. The van der Waals surface area contributed by atoms with Crippen molar-refractivity contribution in [3.63, 3.8) is 0 Å². The number of likely N-dealkylation sites (tertiary alicyclic amines) is 1. The van der Waals surface area contributed by atoms with E-state index in [1.807, 2.05) is 4.68 Å². The Morgan fingerprint density at radius 3 is 2.79 bits per heavy atom. The number of fused-ring (bicyclic) bond motifs is 2. The number of rotatable bonds is 4. The summed E-state index contributed by atoms with van der Waals surface area (Å²) in [5.74, 6) is 0. The summed E-state index contributed by atoms with van der Waals surface area (Å²) in [4.78, 5) is 9.43. The second-order valence-corrected chi connectivity index (χ2v) is 7.20. The maximum Gasteiger partial charge on any atom is 0.138 e. The van der Waals surface area contributed by atoms with Crippen LogP contribution < -0.4 is 0 Å². The number of aromatic nitrogens is 3. The number of aryl methyl sites for hydroxylation is 1. The molecule has 5 heteroatoms. The quantitative estimate of drug-likeness (QED) is 0.866. The van der Waals surface area contributed by atoms with Gasteiger partial charge in [-0.2, -0.15) is 5.10 Å². The zero-order valence-electron chi connectivity index (χ0n) is 14.7. The fourth-order valence-electron chi connectivity index (χ4n) is 4.40. The van der Waals surface area contributed by atoms with Crippen LogP contribution in [0.4, 0.5) is 0 Å². The van der Waals surface area contributed by atoms with Gasteiger partial charge in [0.2, 0.25) is 0 Å². The fourth-order valence-corrected chi connectivity index (χ4v) is 4.40. The third kappa shape index (κ3) is 2.98. The van der Waals surface area contributed by atoms with Crippen molar-refractivity contribution in [2.45, 2.75) is 51.7 Å². The molecule has 2 unspecified atom stereocenters. The van der Waals surface area contributed by atoms with Gasteiger partial charge in [-0.15, -0.1) is 0 Å². The van der Waals surface area contributed by atoms with Gasteiger partial charge in [0.05, 0.1) is 5.69 Å². The van der Waals surface area contributed by atoms with Crippen LogP contribution in [0, 0.1) is 6.92 Å². The fraction of sp³-hybridized carbons (Fsp3) is 0.579. The number of benzene rings is 1. The SMILES string of the molecule is CCN1CCC2CCC(C1)N2Cc1ccc(-n2cncn2)c(C)c1. The largest absolute Gasteiger partial charge is 0.302 e. The van der Waals surface area contributed by atoms with Gasteiger partial charge in [-0.3, -0.25) is 4.90 Å². The Balaban J connectivity index is 1.52. The predicted octanol–water partition coefficient (Wildman–Crippen LogP) is 2.63. The highest BCUT2D eigenvalue weighted by Crippen LogP contribution is 2.32. The summed E-state index contributed by atoms with van der Waals surface area (Å²) in [6, 6.07) is 8.25. The lowest BCUT2D eigenvalue weighted by molar-refractivity contribution is 0.179. The van der Waals surface area contributed by atoms with Crippen LogP contribution in [0.5, 0.6) is 0 Å². The molecule has 2 bridgehead atoms. The lowest BCUT2D eigenvalue weighted by Crippen LogP contribution is -2.38. The molecule has 4 rings (SSSR count). The summed E-state index contributed by atoms with van der Waals surface area (Å²) in [5.41, 5.74) is 3.79. The summed E-state index contributed by atoms with van der Waals surface area (Å²) in [6.07, 6.45) is 7.40. The standard InChI is InChI=1S/C19H27N5/c1-3-22-9-8-17-5-6-18(12-22)23(17)11-16-4-7-19(15(2)10-16)24-14-20-13-21-24/h4,7,10,13-14,17-18H,3,5-6,8-9,11-12H2,1-2H3. The van der Waals surface area contributed by atoms with E-state index in [1.165, 1.54) is 50.0 Å². The second kappa shape index (κ2) is 6.65. The minimum atomic E-state index is 0.729. The molecule has 2 fully saturated rings. The van der Waals surface area contributed by atoms with Gasteiger partial charge in [0.1, 0.15) is 12.7 Å². The van der Waals surface area contributed by atoms with E-state index in [-0.39, 0.29) is 0 Å². The molecule has 24 heavy (non-hydrogen) atoms. The highest BCUT2D eigenvalue weighted by atomic mass is 15.3. The van der Waals surface area contributed by atoms with Gasteiger partial charge in [0, 0.05) is 25.2 Å². The first kappa shape index (κ1) is 15.8. The molecule has 0 saturated carbocycles. The first-order chi connectivity index (χ1) is 11.7. The minimum absolute atomic E-state index is 0.729.